The van der Waals surface area contributed by atoms with Gasteiger partial charge in [-0.3, -0.25) is 9.59 Å². The molecule has 0 aromatic rings. The molecule has 210 valence electrons. The normalized spacial score (nSPS) is 40.5. The van der Waals surface area contributed by atoms with Crippen molar-refractivity contribution in [3.05, 3.63) is 33.9 Å². The topological polar surface area (TPSA) is 52.6 Å². The van der Waals surface area contributed by atoms with Crippen molar-refractivity contribution in [2.75, 3.05) is 6.61 Å². The van der Waals surface area contributed by atoms with Gasteiger partial charge in [-0.05, 0) is 116 Å². The van der Waals surface area contributed by atoms with Crippen LogP contribution in [0.4, 0.5) is 0 Å². The molecule has 5 aliphatic rings. The molecule has 6 atom stereocenters. The third kappa shape index (κ3) is 3.90. The van der Waals surface area contributed by atoms with Gasteiger partial charge >= 0.3 is 11.9 Å². The first-order valence-corrected chi connectivity index (χ1v) is 15.2. The molecule has 0 radical (unpaired) electrons. The van der Waals surface area contributed by atoms with Gasteiger partial charge in [0.1, 0.15) is 12.7 Å². The zero-order valence-electron chi connectivity index (χ0n) is 25.2. The molecule has 5 aliphatic carbocycles. The third-order valence-corrected chi connectivity index (χ3v) is 12.3. The summed E-state index contributed by atoms with van der Waals surface area (Å²) in [5.41, 5.74) is 8.10. The van der Waals surface area contributed by atoms with Gasteiger partial charge in [-0.2, -0.15) is 0 Å². The lowest BCUT2D eigenvalue weighted by molar-refractivity contribution is -0.146. The molecule has 0 N–H and O–H groups in total. The fourth-order valence-electron chi connectivity index (χ4n) is 10.1. The Morgan fingerprint density at radius 1 is 1.00 bits per heavy atom. The molecule has 0 aromatic carbocycles. The number of hydrogen-bond acceptors (Lipinski definition) is 4. The summed E-state index contributed by atoms with van der Waals surface area (Å²) in [6.45, 7) is 18.3. The van der Waals surface area contributed by atoms with Gasteiger partial charge in [0.15, 0.2) is 0 Å². The summed E-state index contributed by atoms with van der Waals surface area (Å²) >= 11 is 0. The number of esters is 2. The highest BCUT2D eigenvalue weighted by atomic mass is 16.5. The van der Waals surface area contributed by atoms with Crippen LogP contribution in [0.1, 0.15) is 120 Å². The van der Waals surface area contributed by atoms with Crippen LogP contribution >= 0.6 is 0 Å². The molecule has 2 saturated carbocycles. The van der Waals surface area contributed by atoms with Crippen molar-refractivity contribution >= 4 is 11.9 Å². The highest BCUT2D eigenvalue weighted by Crippen LogP contribution is 2.73. The SMILES string of the molecule is CC(=O)OC[C@]12CCCC(C(C)C)=C1C1=CCC3[C@@]4(C)CC[C@H](OC(C)=O)C(C)=C4CC[C@@]3(C)[C@]1(C)CC2. The van der Waals surface area contributed by atoms with Crippen molar-refractivity contribution in [2.45, 2.75) is 126 Å². The standard InChI is InChI=1S/C34H50O4/c1-21(2)25-10-9-15-34(20-37-23(4)35)19-18-32(7)27(30(25)34)11-12-29-31(6)16-14-28(38-24(5)36)22(3)26(31)13-17-33(29,32)8/h11,21,28-29H,9-10,12-20H2,1-8H3/t28-,29?,31-,32+,33+,34+/m0/s1. The van der Waals surface area contributed by atoms with E-state index in [4.69, 9.17) is 9.47 Å². The smallest absolute Gasteiger partial charge is 0.303 e. The second kappa shape index (κ2) is 9.37. The lowest BCUT2D eigenvalue weighted by atomic mass is 9.37. The summed E-state index contributed by atoms with van der Waals surface area (Å²) < 4.78 is 11.6. The van der Waals surface area contributed by atoms with Gasteiger partial charge in [-0.25, -0.2) is 0 Å². The fourth-order valence-corrected chi connectivity index (χ4v) is 10.1. The number of carbonyl (C=O) groups excluding carboxylic acids is 2. The van der Waals surface area contributed by atoms with Gasteiger partial charge in [0.25, 0.3) is 0 Å². The summed E-state index contributed by atoms with van der Waals surface area (Å²) in [5.74, 6) is 0.757. The molecule has 0 bridgehead atoms. The number of rotatable bonds is 4. The first kappa shape index (κ1) is 27.7. The zero-order chi connectivity index (χ0) is 27.7. The highest BCUT2D eigenvalue weighted by molar-refractivity contribution is 5.67. The Labute approximate surface area is 230 Å². The molecular weight excluding hydrogens is 472 g/mol. The molecule has 0 aliphatic heterocycles. The van der Waals surface area contributed by atoms with Crippen LogP contribution in [-0.2, 0) is 19.1 Å². The summed E-state index contributed by atoms with van der Waals surface area (Å²) in [4.78, 5) is 23.7. The van der Waals surface area contributed by atoms with Gasteiger partial charge in [0.2, 0.25) is 0 Å². The number of hydrogen-bond donors (Lipinski definition) is 0. The van der Waals surface area contributed by atoms with E-state index in [1.807, 2.05) is 0 Å². The van der Waals surface area contributed by atoms with Gasteiger partial charge in [0, 0.05) is 19.3 Å². The molecule has 1 unspecified atom stereocenters. The van der Waals surface area contributed by atoms with Gasteiger partial charge < -0.3 is 9.47 Å². The number of allylic oxidation sites excluding steroid dienone is 4. The van der Waals surface area contributed by atoms with Crippen LogP contribution in [0.2, 0.25) is 0 Å². The average molecular weight is 523 g/mol. The maximum absolute atomic E-state index is 12.0. The lowest BCUT2D eigenvalue weighted by Gasteiger charge is -2.67. The lowest BCUT2D eigenvalue weighted by Crippen LogP contribution is -2.59. The molecular formula is C34H50O4. The van der Waals surface area contributed by atoms with Gasteiger partial charge in [-0.15, -0.1) is 0 Å². The molecule has 4 heteroatoms. The zero-order valence-corrected chi connectivity index (χ0v) is 25.2. The van der Waals surface area contributed by atoms with E-state index in [1.54, 1.807) is 29.2 Å². The largest absolute Gasteiger partial charge is 0.465 e. The molecule has 0 spiro atoms. The van der Waals surface area contributed by atoms with Crippen molar-refractivity contribution in [1.29, 1.82) is 0 Å². The van der Waals surface area contributed by atoms with Crippen LogP contribution in [0.5, 0.6) is 0 Å². The number of fused-ring (bicyclic) bond motifs is 7. The highest BCUT2D eigenvalue weighted by Gasteiger charge is 2.64. The van der Waals surface area contributed by atoms with E-state index < -0.39 is 0 Å². The summed E-state index contributed by atoms with van der Waals surface area (Å²) in [5, 5.41) is 0. The Bertz CT molecular complexity index is 1120. The van der Waals surface area contributed by atoms with E-state index in [1.165, 1.54) is 31.8 Å². The molecule has 38 heavy (non-hydrogen) atoms. The third-order valence-electron chi connectivity index (χ3n) is 12.3. The van der Waals surface area contributed by atoms with E-state index in [-0.39, 0.29) is 39.7 Å². The fraction of sp³-hybridized carbons (Fsp3) is 0.765. The average Bonchev–Trinajstić information content (AvgIpc) is 2.84. The van der Waals surface area contributed by atoms with E-state index in [0.29, 0.717) is 18.4 Å². The summed E-state index contributed by atoms with van der Waals surface area (Å²) in [6.07, 6.45) is 13.7. The maximum atomic E-state index is 12.0. The van der Waals surface area contributed by atoms with Crippen LogP contribution in [0.15, 0.2) is 33.9 Å². The van der Waals surface area contributed by atoms with E-state index in [0.717, 1.165) is 44.9 Å². The second-order valence-electron chi connectivity index (χ2n) is 14.3. The Morgan fingerprint density at radius 3 is 2.39 bits per heavy atom. The molecule has 0 amide bonds. The van der Waals surface area contributed by atoms with Crippen LogP contribution < -0.4 is 0 Å². The van der Waals surface area contributed by atoms with Crippen LogP contribution in [0.25, 0.3) is 0 Å². The van der Waals surface area contributed by atoms with Crippen molar-refractivity contribution in [3.63, 3.8) is 0 Å². The van der Waals surface area contributed by atoms with Crippen molar-refractivity contribution in [3.8, 4) is 0 Å². The predicted octanol–water partition coefficient (Wildman–Crippen LogP) is 8.27. The first-order chi connectivity index (χ1) is 17.8. The Hall–Kier alpha value is -1.84. The monoisotopic (exact) mass is 522 g/mol. The maximum Gasteiger partial charge on any atom is 0.303 e. The molecule has 0 saturated heterocycles. The van der Waals surface area contributed by atoms with E-state index in [2.05, 4.69) is 47.6 Å². The van der Waals surface area contributed by atoms with Crippen molar-refractivity contribution < 1.29 is 19.1 Å². The minimum absolute atomic E-state index is 0.0274. The minimum atomic E-state index is -0.168. The number of carbonyl (C=O) groups is 2. The van der Waals surface area contributed by atoms with Crippen LogP contribution in [0, 0.1) is 33.5 Å². The molecule has 4 nitrogen and oxygen atoms in total. The van der Waals surface area contributed by atoms with Crippen LogP contribution in [0.3, 0.4) is 0 Å². The number of ether oxygens (including phenoxy) is 2. The van der Waals surface area contributed by atoms with Gasteiger partial charge in [-0.1, -0.05) is 51.8 Å². The Morgan fingerprint density at radius 2 is 1.74 bits per heavy atom. The minimum Gasteiger partial charge on any atom is -0.465 e. The second-order valence-corrected chi connectivity index (χ2v) is 14.3. The molecule has 5 rings (SSSR count). The van der Waals surface area contributed by atoms with Gasteiger partial charge in [0.05, 0.1) is 0 Å². The van der Waals surface area contributed by atoms with E-state index in [9.17, 15) is 9.59 Å². The van der Waals surface area contributed by atoms with Crippen molar-refractivity contribution in [2.24, 2.45) is 33.5 Å². The molecule has 0 aromatic heterocycles. The first-order valence-electron chi connectivity index (χ1n) is 15.2. The van der Waals surface area contributed by atoms with Crippen molar-refractivity contribution in [1.82, 2.24) is 0 Å². The Balaban J connectivity index is 1.61. The van der Waals surface area contributed by atoms with Crippen LogP contribution in [-0.4, -0.2) is 24.6 Å². The summed E-state index contributed by atoms with van der Waals surface area (Å²) in [6, 6.07) is 0. The molecule has 2 fully saturated rings. The quantitative estimate of drug-likeness (QED) is 0.275. The predicted molar refractivity (Wildman–Crippen MR) is 151 cm³/mol. The molecule has 0 heterocycles. The van der Waals surface area contributed by atoms with E-state index >= 15 is 0 Å². The Kier molecular flexibility index (Phi) is 6.84. The summed E-state index contributed by atoms with van der Waals surface area (Å²) in [7, 11) is 0.